The molecule has 3 nitrogen and oxygen atoms in total. The van der Waals surface area contributed by atoms with Crippen LogP contribution in [0.5, 0.6) is 5.75 Å². The summed E-state index contributed by atoms with van der Waals surface area (Å²) in [7, 11) is 0. The van der Waals surface area contributed by atoms with E-state index in [0.29, 0.717) is 12.6 Å². The van der Waals surface area contributed by atoms with Crippen molar-refractivity contribution < 1.29 is 4.74 Å². The average molecular weight is 220 g/mol. The first kappa shape index (κ1) is 11.4. The molecule has 2 N–H and O–H groups in total. The minimum Gasteiger partial charge on any atom is -0.489 e. The second-order valence-electron chi connectivity index (χ2n) is 5.45. The van der Waals surface area contributed by atoms with E-state index in [-0.39, 0.29) is 5.41 Å². The first-order valence-electron chi connectivity index (χ1n) is 5.87. The molecule has 0 aliphatic heterocycles. The molecular formula is C13H20N2O. The van der Waals surface area contributed by atoms with Crippen LogP contribution in [0.2, 0.25) is 0 Å². The molecule has 1 heterocycles. The van der Waals surface area contributed by atoms with E-state index in [9.17, 15) is 0 Å². The van der Waals surface area contributed by atoms with Gasteiger partial charge in [-0.25, -0.2) is 0 Å². The molecule has 0 aromatic carbocycles. The van der Waals surface area contributed by atoms with Crippen LogP contribution in [0.4, 0.5) is 0 Å². The van der Waals surface area contributed by atoms with Gasteiger partial charge < -0.3 is 10.5 Å². The number of hydrogen-bond acceptors (Lipinski definition) is 3. The highest BCUT2D eigenvalue weighted by Gasteiger charge is 2.25. The second kappa shape index (κ2) is 4.06. The van der Waals surface area contributed by atoms with Gasteiger partial charge in [0.05, 0.1) is 18.0 Å². The van der Waals surface area contributed by atoms with Crippen molar-refractivity contribution in [3.63, 3.8) is 0 Å². The zero-order valence-electron chi connectivity index (χ0n) is 10.3. The molecular weight excluding hydrogens is 200 g/mol. The maximum atomic E-state index is 5.77. The van der Waals surface area contributed by atoms with Gasteiger partial charge in [0, 0.05) is 12.0 Å². The predicted octanol–water partition coefficient (Wildman–Crippen LogP) is 2.38. The molecule has 1 saturated carbocycles. The summed E-state index contributed by atoms with van der Waals surface area (Å²) in [6.45, 7) is 6.96. The van der Waals surface area contributed by atoms with Crippen LogP contribution in [0, 0.1) is 0 Å². The largest absolute Gasteiger partial charge is 0.489 e. The lowest BCUT2D eigenvalue weighted by molar-refractivity contribution is 0.301. The third-order valence-electron chi connectivity index (χ3n) is 2.70. The SMILES string of the molecule is CC(C)(C)c1ncc(OC2CC2)cc1CN. The van der Waals surface area contributed by atoms with Gasteiger partial charge in [-0.2, -0.15) is 0 Å². The highest BCUT2D eigenvalue weighted by Crippen LogP contribution is 2.30. The fraction of sp³-hybridized carbons (Fsp3) is 0.615. The lowest BCUT2D eigenvalue weighted by atomic mass is 9.88. The van der Waals surface area contributed by atoms with Crippen LogP contribution in [0.15, 0.2) is 12.3 Å². The smallest absolute Gasteiger partial charge is 0.138 e. The molecule has 0 saturated heterocycles. The van der Waals surface area contributed by atoms with E-state index < -0.39 is 0 Å². The minimum absolute atomic E-state index is 0.0345. The van der Waals surface area contributed by atoms with Crippen molar-refractivity contribution >= 4 is 0 Å². The Balaban J connectivity index is 2.26. The molecule has 88 valence electrons. The van der Waals surface area contributed by atoms with Gasteiger partial charge in [0.1, 0.15) is 5.75 Å². The maximum absolute atomic E-state index is 5.77. The summed E-state index contributed by atoms with van der Waals surface area (Å²) >= 11 is 0. The van der Waals surface area contributed by atoms with E-state index in [1.165, 1.54) is 12.8 Å². The van der Waals surface area contributed by atoms with E-state index in [1.807, 2.05) is 12.3 Å². The van der Waals surface area contributed by atoms with Crippen LogP contribution in [-0.4, -0.2) is 11.1 Å². The Kier molecular flexibility index (Phi) is 2.89. The number of pyridine rings is 1. The highest BCUT2D eigenvalue weighted by atomic mass is 16.5. The van der Waals surface area contributed by atoms with Gasteiger partial charge in [-0.15, -0.1) is 0 Å². The summed E-state index contributed by atoms with van der Waals surface area (Å²) in [5.41, 5.74) is 7.96. The molecule has 0 radical (unpaired) electrons. The van der Waals surface area contributed by atoms with Crippen molar-refractivity contribution in [1.82, 2.24) is 4.98 Å². The van der Waals surface area contributed by atoms with Crippen molar-refractivity contribution in [2.45, 2.75) is 51.7 Å². The van der Waals surface area contributed by atoms with Crippen molar-refractivity contribution in [2.24, 2.45) is 5.73 Å². The number of hydrogen-bond donors (Lipinski definition) is 1. The number of nitrogens with two attached hydrogens (primary N) is 1. The summed E-state index contributed by atoms with van der Waals surface area (Å²) in [5, 5.41) is 0. The summed E-state index contributed by atoms with van der Waals surface area (Å²) in [4.78, 5) is 4.50. The second-order valence-corrected chi connectivity index (χ2v) is 5.45. The highest BCUT2D eigenvalue weighted by molar-refractivity contribution is 5.33. The summed E-state index contributed by atoms with van der Waals surface area (Å²) < 4.78 is 5.72. The van der Waals surface area contributed by atoms with Gasteiger partial charge in [0.15, 0.2) is 0 Å². The normalized spacial score (nSPS) is 16.2. The molecule has 1 aromatic rings. The fourth-order valence-electron chi connectivity index (χ4n) is 1.76. The Labute approximate surface area is 97.0 Å². The molecule has 1 aromatic heterocycles. The molecule has 2 rings (SSSR count). The minimum atomic E-state index is 0.0345. The first-order valence-corrected chi connectivity index (χ1v) is 5.87. The first-order chi connectivity index (χ1) is 7.50. The lowest BCUT2D eigenvalue weighted by Gasteiger charge is -2.21. The van der Waals surface area contributed by atoms with E-state index in [0.717, 1.165) is 17.0 Å². The van der Waals surface area contributed by atoms with Gasteiger partial charge in [0.2, 0.25) is 0 Å². The maximum Gasteiger partial charge on any atom is 0.138 e. The van der Waals surface area contributed by atoms with E-state index >= 15 is 0 Å². The molecule has 3 heteroatoms. The number of aromatic nitrogens is 1. The van der Waals surface area contributed by atoms with Gasteiger partial charge >= 0.3 is 0 Å². The standard InChI is InChI=1S/C13H20N2O/c1-13(2,3)12-9(7-14)6-11(8-15-12)16-10-4-5-10/h6,8,10H,4-5,7,14H2,1-3H3. The van der Waals surface area contributed by atoms with Gasteiger partial charge in [-0.3, -0.25) is 4.98 Å². The topological polar surface area (TPSA) is 48.1 Å². The van der Waals surface area contributed by atoms with Crippen LogP contribution in [-0.2, 0) is 12.0 Å². The van der Waals surface area contributed by atoms with Crippen LogP contribution < -0.4 is 10.5 Å². The van der Waals surface area contributed by atoms with Crippen LogP contribution in [0.25, 0.3) is 0 Å². The lowest BCUT2D eigenvalue weighted by Crippen LogP contribution is -2.18. The third kappa shape index (κ3) is 2.53. The zero-order chi connectivity index (χ0) is 11.8. The third-order valence-corrected chi connectivity index (χ3v) is 2.70. The van der Waals surface area contributed by atoms with Crippen molar-refractivity contribution in [3.8, 4) is 5.75 Å². The Morgan fingerprint density at radius 1 is 1.44 bits per heavy atom. The van der Waals surface area contributed by atoms with Crippen LogP contribution >= 0.6 is 0 Å². The Bertz CT molecular complexity index is 378. The fourth-order valence-corrected chi connectivity index (χ4v) is 1.76. The van der Waals surface area contributed by atoms with Crippen molar-refractivity contribution in [3.05, 3.63) is 23.5 Å². The molecule has 1 fully saturated rings. The van der Waals surface area contributed by atoms with Gasteiger partial charge in [-0.05, 0) is 24.5 Å². The zero-order valence-corrected chi connectivity index (χ0v) is 10.3. The van der Waals surface area contributed by atoms with E-state index in [4.69, 9.17) is 10.5 Å². The molecule has 1 aliphatic carbocycles. The summed E-state index contributed by atoms with van der Waals surface area (Å²) in [5.74, 6) is 0.857. The molecule has 0 bridgehead atoms. The molecule has 0 unspecified atom stereocenters. The molecule has 1 aliphatic rings. The monoisotopic (exact) mass is 220 g/mol. The van der Waals surface area contributed by atoms with Gasteiger partial charge in [0.25, 0.3) is 0 Å². The van der Waals surface area contributed by atoms with E-state index in [2.05, 4.69) is 25.8 Å². The number of ether oxygens (including phenoxy) is 1. The van der Waals surface area contributed by atoms with Crippen molar-refractivity contribution in [1.29, 1.82) is 0 Å². The van der Waals surface area contributed by atoms with Crippen LogP contribution in [0.1, 0.15) is 44.9 Å². The Morgan fingerprint density at radius 3 is 2.62 bits per heavy atom. The Morgan fingerprint density at radius 2 is 2.12 bits per heavy atom. The summed E-state index contributed by atoms with van der Waals surface area (Å²) in [6.07, 6.45) is 4.56. The molecule has 0 amide bonds. The van der Waals surface area contributed by atoms with E-state index in [1.54, 1.807) is 0 Å². The molecule has 0 spiro atoms. The predicted molar refractivity (Wildman–Crippen MR) is 64.5 cm³/mol. The molecule has 0 atom stereocenters. The quantitative estimate of drug-likeness (QED) is 0.850. The average Bonchev–Trinajstić information content (AvgIpc) is 3.00. The van der Waals surface area contributed by atoms with Gasteiger partial charge in [-0.1, -0.05) is 20.8 Å². The van der Waals surface area contributed by atoms with Crippen molar-refractivity contribution in [2.75, 3.05) is 0 Å². The van der Waals surface area contributed by atoms with Crippen LogP contribution in [0.3, 0.4) is 0 Å². The molecule has 16 heavy (non-hydrogen) atoms. The number of rotatable bonds is 3. The number of nitrogens with zero attached hydrogens (tertiary/aromatic N) is 1. The summed E-state index contributed by atoms with van der Waals surface area (Å²) in [6, 6.07) is 2.03. The Hall–Kier alpha value is -1.09.